The van der Waals surface area contributed by atoms with Crippen LogP contribution in [-0.4, -0.2) is 34.2 Å². The first kappa shape index (κ1) is 21.1. The lowest BCUT2D eigenvalue weighted by atomic mass is 10.1. The first-order valence-electron chi connectivity index (χ1n) is 8.29. The van der Waals surface area contributed by atoms with Gasteiger partial charge in [0.15, 0.2) is 0 Å². The Hall–Kier alpha value is -2.25. The SMILES string of the molecule is COc1ccccc1C(C)NC(=O)CN(c1ccc(Cl)cc1C)S(C)(=O)=O. The van der Waals surface area contributed by atoms with E-state index in [-0.39, 0.29) is 12.6 Å². The van der Waals surface area contributed by atoms with Crippen molar-refractivity contribution in [2.24, 2.45) is 0 Å². The number of amides is 1. The fraction of sp³-hybridized carbons (Fsp3) is 0.316. The summed E-state index contributed by atoms with van der Waals surface area (Å²) in [4.78, 5) is 12.6. The van der Waals surface area contributed by atoms with Crippen LogP contribution in [0.1, 0.15) is 24.1 Å². The van der Waals surface area contributed by atoms with E-state index in [0.717, 1.165) is 16.1 Å². The highest BCUT2D eigenvalue weighted by Crippen LogP contribution is 2.26. The van der Waals surface area contributed by atoms with Crippen LogP contribution in [0.3, 0.4) is 0 Å². The van der Waals surface area contributed by atoms with E-state index in [2.05, 4.69) is 5.32 Å². The molecule has 0 aromatic heterocycles. The van der Waals surface area contributed by atoms with E-state index < -0.39 is 15.9 Å². The molecule has 0 saturated carbocycles. The largest absolute Gasteiger partial charge is 0.496 e. The molecule has 27 heavy (non-hydrogen) atoms. The Morgan fingerprint density at radius 1 is 1.26 bits per heavy atom. The van der Waals surface area contributed by atoms with Crippen LogP contribution < -0.4 is 14.4 Å². The number of nitrogens with one attached hydrogen (secondary N) is 1. The Bertz CT molecular complexity index is 931. The summed E-state index contributed by atoms with van der Waals surface area (Å²) >= 11 is 5.95. The van der Waals surface area contributed by atoms with Crippen LogP contribution in [0.5, 0.6) is 5.75 Å². The number of hydrogen-bond donors (Lipinski definition) is 1. The maximum atomic E-state index is 12.6. The van der Waals surface area contributed by atoms with E-state index >= 15 is 0 Å². The number of anilines is 1. The molecule has 1 unspecified atom stereocenters. The van der Waals surface area contributed by atoms with Gasteiger partial charge in [0.2, 0.25) is 15.9 Å². The smallest absolute Gasteiger partial charge is 0.241 e. The van der Waals surface area contributed by atoms with Crippen molar-refractivity contribution in [2.45, 2.75) is 19.9 Å². The number of carbonyl (C=O) groups excluding carboxylic acids is 1. The Morgan fingerprint density at radius 2 is 1.93 bits per heavy atom. The van der Waals surface area contributed by atoms with Crippen molar-refractivity contribution in [3.8, 4) is 5.75 Å². The Labute approximate surface area is 165 Å². The summed E-state index contributed by atoms with van der Waals surface area (Å²) in [7, 11) is -2.10. The fourth-order valence-electron chi connectivity index (χ4n) is 2.80. The minimum atomic E-state index is -3.66. The van der Waals surface area contributed by atoms with Crippen LogP contribution in [0.2, 0.25) is 5.02 Å². The molecule has 2 aromatic carbocycles. The number of sulfonamides is 1. The van der Waals surface area contributed by atoms with Gasteiger partial charge in [0, 0.05) is 10.6 Å². The molecule has 1 amide bonds. The van der Waals surface area contributed by atoms with Crippen molar-refractivity contribution in [3.63, 3.8) is 0 Å². The summed E-state index contributed by atoms with van der Waals surface area (Å²) in [6.07, 6.45) is 1.07. The predicted molar refractivity (Wildman–Crippen MR) is 108 cm³/mol. The zero-order valence-electron chi connectivity index (χ0n) is 15.7. The monoisotopic (exact) mass is 410 g/mol. The molecule has 6 nitrogen and oxygen atoms in total. The third-order valence-corrected chi connectivity index (χ3v) is 5.46. The van der Waals surface area contributed by atoms with Gasteiger partial charge in [0.25, 0.3) is 0 Å². The van der Waals surface area contributed by atoms with Gasteiger partial charge in [-0.3, -0.25) is 9.10 Å². The van der Waals surface area contributed by atoms with Crippen LogP contribution in [0.15, 0.2) is 42.5 Å². The normalized spacial score (nSPS) is 12.3. The number of rotatable bonds is 7. The summed E-state index contributed by atoms with van der Waals surface area (Å²) in [5.41, 5.74) is 1.89. The second kappa shape index (κ2) is 8.63. The lowest BCUT2D eigenvalue weighted by Crippen LogP contribution is -2.41. The Kier molecular flexibility index (Phi) is 6.73. The van der Waals surface area contributed by atoms with E-state index in [9.17, 15) is 13.2 Å². The predicted octanol–water partition coefficient (Wildman–Crippen LogP) is 3.30. The van der Waals surface area contributed by atoms with E-state index in [1.54, 1.807) is 38.3 Å². The molecule has 0 saturated heterocycles. The van der Waals surface area contributed by atoms with E-state index in [4.69, 9.17) is 16.3 Å². The van der Waals surface area contributed by atoms with Crippen LogP contribution in [0.4, 0.5) is 5.69 Å². The molecule has 0 radical (unpaired) electrons. The minimum absolute atomic E-state index is 0.333. The molecule has 8 heteroatoms. The van der Waals surface area contributed by atoms with Gasteiger partial charge < -0.3 is 10.1 Å². The van der Waals surface area contributed by atoms with Gasteiger partial charge in [-0.25, -0.2) is 8.42 Å². The summed E-state index contributed by atoms with van der Waals surface area (Å²) in [6.45, 7) is 3.23. The third kappa shape index (κ3) is 5.37. The lowest BCUT2D eigenvalue weighted by molar-refractivity contribution is -0.120. The van der Waals surface area contributed by atoms with E-state index in [1.807, 2.05) is 25.1 Å². The van der Waals surface area contributed by atoms with Gasteiger partial charge in [-0.05, 0) is 43.7 Å². The van der Waals surface area contributed by atoms with Crippen LogP contribution in [0.25, 0.3) is 0 Å². The van der Waals surface area contributed by atoms with Gasteiger partial charge >= 0.3 is 0 Å². The molecule has 146 valence electrons. The maximum absolute atomic E-state index is 12.6. The number of para-hydroxylation sites is 1. The molecule has 0 fully saturated rings. The first-order valence-corrected chi connectivity index (χ1v) is 10.5. The number of ether oxygens (including phenoxy) is 1. The van der Waals surface area contributed by atoms with Gasteiger partial charge in [-0.2, -0.15) is 0 Å². The van der Waals surface area contributed by atoms with E-state index in [0.29, 0.717) is 22.0 Å². The van der Waals surface area contributed by atoms with Crippen molar-refractivity contribution in [1.82, 2.24) is 5.32 Å². The molecule has 0 spiro atoms. The highest BCUT2D eigenvalue weighted by Gasteiger charge is 2.23. The fourth-order valence-corrected chi connectivity index (χ4v) is 3.94. The Balaban J connectivity index is 2.22. The quantitative estimate of drug-likeness (QED) is 0.759. The number of hydrogen-bond acceptors (Lipinski definition) is 4. The summed E-state index contributed by atoms with van der Waals surface area (Å²) in [6, 6.07) is 11.8. The number of aryl methyl sites for hydroxylation is 1. The molecular weight excluding hydrogens is 388 g/mol. The van der Waals surface area contributed by atoms with Crippen LogP contribution in [0, 0.1) is 6.92 Å². The summed E-state index contributed by atoms with van der Waals surface area (Å²) in [5, 5.41) is 3.32. The average molecular weight is 411 g/mol. The number of methoxy groups -OCH3 is 1. The molecule has 2 aromatic rings. The van der Waals surface area contributed by atoms with Gasteiger partial charge in [-0.1, -0.05) is 29.8 Å². The minimum Gasteiger partial charge on any atom is -0.496 e. The Morgan fingerprint density at radius 3 is 2.52 bits per heavy atom. The van der Waals surface area contributed by atoms with Crippen molar-refractivity contribution in [1.29, 1.82) is 0 Å². The number of benzene rings is 2. The van der Waals surface area contributed by atoms with Crippen molar-refractivity contribution in [3.05, 3.63) is 58.6 Å². The van der Waals surface area contributed by atoms with E-state index in [1.165, 1.54) is 0 Å². The van der Waals surface area contributed by atoms with Crippen LogP contribution >= 0.6 is 11.6 Å². The van der Waals surface area contributed by atoms with Crippen LogP contribution in [-0.2, 0) is 14.8 Å². The number of nitrogens with zero attached hydrogens (tertiary/aromatic N) is 1. The maximum Gasteiger partial charge on any atom is 0.241 e. The molecule has 0 aliphatic rings. The zero-order valence-corrected chi connectivity index (χ0v) is 17.3. The number of halogens is 1. The van der Waals surface area contributed by atoms with Gasteiger partial charge in [-0.15, -0.1) is 0 Å². The molecular formula is C19H23ClN2O4S. The molecule has 0 aliphatic carbocycles. The van der Waals surface area contributed by atoms with Crippen molar-refractivity contribution < 1.29 is 17.9 Å². The highest BCUT2D eigenvalue weighted by molar-refractivity contribution is 7.92. The van der Waals surface area contributed by atoms with Gasteiger partial charge in [0.05, 0.1) is 25.1 Å². The molecule has 2 rings (SSSR count). The second-order valence-electron chi connectivity index (χ2n) is 6.23. The molecule has 0 bridgehead atoms. The molecule has 1 N–H and O–H groups in total. The van der Waals surface area contributed by atoms with Crippen molar-refractivity contribution in [2.75, 3.05) is 24.2 Å². The van der Waals surface area contributed by atoms with Gasteiger partial charge in [0.1, 0.15) is 12.3 Å². The first-order chi connectivity index (χ1) is 12.6. The zero-order chi connectivity index (χ0) is 20.2. The lowest BCUT2D eigenvalue weighted by Gasteiger charge is -2.25. The average Bonchev–Trinajstić information content (AvgIpc) is 2.59. The molecule has 0 aliphatic heterocycles. The third-order valence-electron chi connectivity index (χ3n) is 4.10. The standard InChI is InChI=1S/C19H23ClN2O4S/c1-13-11-15(20)9-10-17(13)22(27(4,24)25)12-19(23)21-14(2)16-7-5-6-8-18(16)26-3/h5-11,14H,12H2,1-4H3,(H,21,23). The highest BCUT2D eigenvalue weighted by atomic mass is 35.5. The number of carbonyl (C=O) groups is 1. The molecule has 0 heterocycles. The summed E-state index contributed by atoms with van der Waals surface area (Å²) in [5.74, 6) is 0.229. The topological polar surface area (TPSA) is 75.7 Å². The molecule has 1 atom stereocenters. The van der Waals surface area contributed by atoms with Crippen molar-refractivity contribution >= 4 is 33.2 Å². The summed E-state index contributed by atoms with van der Waals surface area (Å²) < 4.78 is 30.9. The second-order valence-corrected chi connectivity index (χ2v) is 8.57.